The highest BCUT2D eigenvalue weighted by molar-refractivity contribution is 7.89. The Bertz CT molecular complexity index is 1040. The molecule has 1 atom stereocenters. The van der Waals surface area contributed by atoms with Gasteiger partial charge in [-0.1, -0.05) is 24.6 Å². The number of piperidine rings is 1. The van der Waals surface area contributed by atoms with E-state index < -0.39 is 10.0 Å². The number of nitrogens with zero attached hydrogens (tertiary/aromatic N) is 3. The first kappa shape index (κ1) is 22.5. The molecule has 8 heteroatoms. The number of nitrogens with one attached hydrogen (secondary N) is 1. The van der Waals surface area contributed by atoms with E-state index >= 15 is 0 Å². The van der Waals surface area contributed by atoms with Gasteiger partial charge >= 0.3 is 0 Å². The molecule has 1 aliphatic rings. The summed E-state index contributed by atoms with van der Waals surface area (Å²) in [5.74, 6) is -0.201. The Balaban J connectivity index is 1.74. The van der Waals surface area contributed by atoms with Gasteiger partial charge in [0, 0.05) is 13.1 Å². The van der Waals surface area contributed by atoms with Gasteiger partial charge in [0.15, 0.2) is 0 Å². The average molecular weight is 433 g/mol. The molecule has 1 fully saturated rings. The summed E-state index contributed by atoms with van der Waals surface area (Å²) < 4.78 is 29.3. The Kier molecular flexibility index (Phi) is 6.67. The number of sulfonamides is 1. The molecule has 0 bridgehead atoms. The number of aryl methyl sites for hydroxylation is 3. The van der Waals surface area contributed by atoms with Crippen molar-refractivity contribution >= 4 is 15.9 Å². The maximum Gasteiger partial charge on any atom is 0.246 e. The van der Waals surface area contributed by atoms with Gasteiger partial charge in [-0.05, 0) is 64.2 Å². The topological polar surface area (TPSA) is 84.3 Å². The van der Waals surface area contributed by atoms with Crippen LogP contribution in [0.5, 0.6) is 0 Å². The average Bonchev–Trinajstić information content (AvgIpc) is 2.98. The van der Waals surface area contributed by atoms with Crippen molar-refractivity contribution in [3.63, 3.8) is 0 Å². The normalized spacial score (nSPS) is 16.4. The van der Waals surface area contributed by atoms with E-state index in [4.69, 9.17) is 0 Å². The molecule has 1 unspecified atom stereocenters. The molecule has 2 aromatic rings. The standard InChI is InChI=1S/C22H32N4O3S/c1-15-9-10-20(13-16(15)2)17(3)23-21(27)14-26-19(5)22(18(4)24-26)30(28,29)25-11-7-6-8-12-25/h9-10,13,17H,6-8,11-12,14H2,1-5H3,(H,23,27). The molecule has 0 saturated carbocycles. The van der Waals surface area contributed by atoms with Gasteiger partial charge in [-0.3, -0.25) is 9.48 Å². The Labute approximate surface area is 179 Å². The number of rotatable bonds is 6. The maximum atomic E-state index is 13.1. The quantitative estimate of drug-likeness (QED) is 0.760. The van der Waals surface area contributed by atoms with Crippen LogP contribution in [0, 0.1) is 27.7 Å². The molecule has 1 N–H and O–H groups in total. The smallest absolute Gasteiger partial charge is 0.246 e. The lowest BCUT2D eigenvalue weighted by atomic mass is 10.0. The van der Waals surface area contributed by atoms with Crippen LogP contribution in [0.15, 0.2) is 23.1 Å². The second-order valence-corrected chi connectivity index (χ2v) is 10.1. The third kappa shape index (κ3) is 4.59. The molecule has 1 aromatic heterocycles. The van der Waals surface area contributed by atoms with Crippen LogP contribution in [0.2, 0.25) is 0 Å². The molecule has 30 heavy (non-hydrogen) atoms. The Morgan fingerprint density at radius 3 is 2.40 bits per heavy atom. The van der Waals surface area contributed by atoms with Crippen LogP contribution in [0.3, 0.4) is 0 Å². The van der Waals surface area contributed by atoms with Gasteiger partial charge in [0.05, 0.1) is 17.4 Å². The predicted molar refractivity (Wildman–Crippen MR) is 117 cm³/mol. The summed E-state index contributed by atoms with van der Waals surface area (Å²) in [6, 6.07) is 5.99. The van der Waals surface area contributed by atoms with Gasteiger partial charge in [-0.25, -0.2) is 8.42 Å². The first-order valence-corrected chi connectivity index (χ1v) is 12.0. The van der Waals surface area contributed by atoms with Crippen LogP contribution in [-0.2, 0) is 21.4 Å². The van der Waals surface area contributed by atoms with Crippen molar-refractivity contribution in [2.24, 2.45) is 0 Å². The van der Waals surface area contributed by atoms with E-state index in [1.54, 1.807) is 18.2 Å². The van der Waals surface area contributed by atoms with Gasteiger partial charge in [0.1, 0.15) is 11.4 Å². The van der Waals surface area contributed by atoms with Crippen molar-refractivity contribution in [3.05, 3.63) is 46.3 Å². The minimum Gasteiger partial charge on any atom is -0.348 e. The fourth-order valence-electron chi connectivity index (χ4n) is 3.98. The van der Waals surface area contributed by atoms with Gasteiger partial charge in [0.25, 0.3) is 0 Å². The van der Waals surface area contributed by atoms with Crippen LogP contribution in [0.25, 0.3) is 0 Å². The number of amides is 1. The summed E-state index contributed by atoms with van der Waals surface area (Å²) in [5.41, 5.74) is 4.37. The highest BCUT2D eigenvalue weighted by Crippen LogP contribution is 2.26. The van der Waals surface area contributed by atoms with E-state index in [9.17, 15) is 13.2 Å². The molecule has 1 aliphatic heterocycles. The summed E-state index contributed by atoms with van der Waals surface area (Å²) >= 11 is 0. The van der Waals surface area contributed by atoms with Gasteiger partial charge in [-0.2, -0.15) is 9.40 Å². The van der Waals surface area contributed by atoms with E-state index in [2.05, 4.69) is 23.4 Å². The molecular weight excluding hydrogens is 400 g/mol. The first-order chi connectivity index (χ1) is 14.1. The minimum absolute atomic E-state index is 0.0165. The van der Waals surface area contributed by atoms with Crippen LogP contribution >= 0.6 is 0 Å². The molecule has 0 aliphatic carbocycles. The zero-order chi connectivity index (χ0) is 22.1. The molecule has 164 valence electrons. The summed E-state index contributed by atoms with van der Waals surface area (Å²) in [7, 11) is -3.59. The van der Waals surface area contributed by atoms with Crippen molar-refractivity contribution in [1.29, 1.82) is 0 Å². The minimum atomic E-state index is -3.59. The van der Waals surface area contributed by atoms with Crippen molar-refractivity contribution in [2.45, 2.75) is 71.4 Å². The SMILES string of the molecule is Cc1ccc(C(C)NC(=O)Cn2nc(C)c(S(=O)(=O)N3CCCCC3)c2C)cc1C. The summed E-state index contributed by atoms with van der Waals surface area (Å²) in [5, 5.41) is 7.36. The fourth-order valence-corrected chi connectivity index (χ4v) is 5.87. The Hall–Kier alpha value is -2.19. The predicted octanol–water partition coefficient (Wildman–Crippen LogP) is 3.17. The number of hydrogen-bond donors (Lipinski definition) is 1. The van der Waals surface area contributed by atoms with Crippen molar-refractivity contribution in [3.8, 4) is 0 Å². The largest absolute Gasteiger partial charge is 0.348 e. The van der Waals surface area contributed by atoms with Gasteiger partial charge < -0.3 is 5.32 Å². The van der Waals surface area contributed by atoms with Crippen LogP contribution in [0.1, 0.15) is 60.3 Å². The van der Waals surface area contributed by atoms with Crippen molar-refractivity contribution < 1.29 is 13.2 Å². The lowest BCUT2D eigenvalue weighted by molar-refractivity contribution is -0.122. The molecule has 0 radical (unpaired) electrons. The van der Waals surface area contributed by atoms with Crippen molar-refractivity contribution in [2.75, 3.05) is 13.1 Å². The summed E-state index contributed by atoms with van der Waals surface area (Å²) in [4.78, 5) is 12.9. The number of hydrogen-bond acceptors (Lipinski definition) is 4. The van der Waals surface area contributed by atoms with E-state index in [0.29, 0.717) is 24.5 Å². The third-order valence-corrected chi connectivity index (χ3v) is 8.08. The van der Waals surface area contributed by atoms with E-state index in [0.717, 1.165) is 24.8 Å². The summed E-state index contributed by atoms with van der Waals surface area (Å²) in [6.45, 7) is 10.5. The van der Waals surface area contributed by atoms with Gasteiger partial charge in [0.2, 0.25) is 15.9 Å². The zero-order valence-electron chi connectivity index (χ0n) is 18.5. The monoisotopic (exact) mass is 432 g/mol. The maximum absolute atomic E-state index is 13.1. The fraction of sp³-hybridized carbons (Fsp3) is 0.545. The second-order valence-electron chi connectivity index (χ2n) is 8.26. The first-order valence-electron chi connectivity index (χ1n) is 10.5. The molecule has 1 amide bonds. The van der Waals surface area contributed by atoms with E-state index in [-0.39, 0.29) is 23.4 Å². The van der Waals surface area contributed by atoms with E-state index in [1.165, 1.54) is 15.8 Å². The second kappa shape index (κ2) is 8.89. The van der Waals surface area contributed by atoms with E-state index in [1.807, 2.05) is 26.0 Å². The van der Waals surface area contributed by atoms with Crippen LogP contribution < -0.4 is 5.32 Å². The lowest BCUT2D eigenvalue weighted by Gasteiger charge is -2.26. The molecular formula is C22H32N4O3S. The number of benzene rings is 1. The lowest BCUT2D eigenvalue weighted by Crippen LogP contribution is -2.36. The van der Waals surface area contributed by atoms with Crippen LogP contribution in [0.4, 0.5) is 0 Å². The number of carbonyl (C=O) groups is 1. The molecule has 3 rings (SSSR count). The molecule has 1 aromatic carbocycles. The molecule has 2 heterocycles. The Morgan fingerprint density at radius 1 is 1.10 bits per heavy atom. The molecule has 1 saturated heterocycles. The third-order valence-electron chi connectivity index (χ3n) is 5.93. The number of aromatic nitrogens is 2. The van der Waals surface area contributed by atoms with Crippen LogP contribution in [-0.4, -0.2) is 41.5 Å². The number of carbonyl (C=O) groups excluding carboxylic acids is 1. The van der Waals surface area contributed by atoms with Gasteiger partial charge in [-0.15, -0.1) is 0 Å². The van der Waals surface area contributed by atoms with Crippen molar-refractivity contribution in [1.82, 2.24) is 19.4 Å². The highest BCUT2D eigenvalue weighted by atomic mass is 32.2. The summed E-state index contributed by atoms with van der Waals surface area (Å²) in [6.07, 6.45) is 2.82. The molecule has 7 nitrogen and oxygen atoms in total. The highest BCUT2D eigenvalue weighted by Gasteiger charge is 2.32. The molecule has 0 spiro atoms. The Morgan fingerprint density at radius 2 is 1.77 bits per heavy atom. The zero-order valence-corrected chi connectivity index (χ0v) is 19.3.